The fourth-order valence-electron chi connectivity index (χ4n) is 3.09. The zero-order valence-electron chi connectivity index (χ0n) is 11.8. The van der Waals surface area contributed by atoms with E-state index < -0.39 is 5.41 Å². The summed E-state index contributed by atoms with van der Waals surface area (Å²) in [6.45, 7) is 4.42. The van der Waals surface area contributed by atoms with Crippen molar-refractivity contribution in [2.24, 2.45) is 12.5 Å². The van der Waals surface area contributed by atoms with Crippen molar-refractivity contribution in [2.75, 3.05) is 13.1 Å². The quantitative estimate of drug-likeness (QED) is 0.773. The monoisotopic (exact) mass is 288 g/mol. The molecule has 1 unspecified atom stereocenters. The van der Waals surface area contributed by atoms with Gasteiger partial charge in [-0.2, -0.15) is 5.10 Å². The first-order valence-corrected chi connectivity index (χ1v) is 6.75. The van der Waals surface area contributed by atoms with E-state index >= 15 is 0 Å². The van der Waals surface area contributed by atoms with Crippen molar-refractivity contribution >= 4 is 23.8 Å². The van der Waals surface area contributed by atoms with Crippen LogP contribution in [0, 0.1) is 5.41 Å². The van der Waals surface area contributed by atoms with Gasteiger partial charge in [0, 0.05) is 26.6 Å². The lowest BCUT2D eigenvalue weighted by atomic mass is 9.85. The first kappa shape index (κ1) is 13.5. The Balaban J connectivity index is 1.83. The number of nitrogens with one attached hydrogen (secondary N) is 1. The van der Waals surface area contributed by atoms with Crippen molar-refractivity contribution in [3.8, 4) is 0 Å². The molecule has 0 saturated carbocycles. The maximum Gasteiger partial charge on any atom is 0.257 e. The van der Waals surface area contributed by atoms with Crippen molar-refractivity contribution < 1.29 is 14.4 Å². The standard InChI is InChI=1S/C14H16N4O3/c1-3-10-9(7-15-17(10)2)12(20)18-5-4-14(8-18)6-11(19)16-13(14)21/h3,7H,1,4-6,8H2,2H3,(H,16,19,21). The molecule has 7 nitrogen and oxygen atoms in total. The average molecular weight is 288 g/mol. The number of likely N-dealkylation sites (tertiary alicyclic amines) is 1. The summed E-state index contributed by atoms with van der Waals surface area (Å²) >= 11 is 0. The number of hydrogen-bond donors (Lipinski definition) is 1. The molecule has 0 bridgehead atoms. The largest absolute Gasteiger partial charge is 0.337 e. The highest BCUT2D eigenvalue weighted by atomic mass is 16.2. The lowest BCUT2D eigenvalue weighted by molar-refractivity contribution is -0.128. The number of nitrogens with zero attached hydrogens (tertiary/aromatic N) is 3. The summed E-state index contributed by atoms with van der Waals surface area (Å²) in [4.78, 5) is 37.5. The second kappa shape index (κ2) is 4.54. The zero-order chi connectivity index (χ0) is 15.2. The Morgan fingerprint density at radius 2 is 2.29 bits per heavy atom. The average Bonchev–Trinajstić information content (AvgIpc) is 3.09. The molecule has 0 aromatic carbocycles. The molecular formula is C14H16N4O3. The number of aromatic nitrogens is 2. The summed E-state index contributed by atoms with van der Waals surface area (Å²) in [6.07, 6.45) is 3.76. The lowest BCUT2D eigenvalue weighted by Crippen LogP contribution is -2.36. The first-order valence-electron chi connectivity index (χ1n) is 6.75. The van der Waals surface area contributed by atoms with Crippen LogP contribution in [-0.4, -0.2) is 45.5 Å². The van der Waals surface area contributed by atoms with Crippen molar-refractivity contribution in [1.82, 2.24) is 20.0 Å². The lowest BCUT2D eigenvalue weighted by Gasteiger charge is -2.20. The smallest absolute Gasteiger partial charge is 0.257 e. The molecule has 7 heteroatoms. The van der Waals surface area contributed by atoms with E-state index in [9.17, 15) is 14.4 Å². The molecule has 1 aromatic rings. The van der Waals surface area contributed by atoms with E-state index in [0.29, 0.717) is 24.2 Å². The molecule has 1 spiro atoms. The van der Waals surface area contributed by atoms with E-state index in [1.807, 2.05) is 0 Å². The van der Waals surface area contributed by atoms with Crippen molar-refractivity contribution in [3.05, 3.63) is 24.0 Å². The van der Waals surface area contributed by atoms with Crippen LogP contribution in [0.4, 0.5) is 0 Å². The van der Waals surface area contributed by atoms with Crippen LogP contribution in [0.3, 0.4) is 0 Å². The Labute approximate surface area is 121 Å². The van der Waals surface area contributed by atoms with E-state index in [4.69, 9.17) is 0 Å². The third-order valence-electron chi connectivity index (χ3n) is 4.28. The van der Waals surface area contributed by atoms with Crippen LogP contribution in [0.5, 0.6) is 0 Å². The molecule has 3 rings (SSSR count). The Bertz CT molecular complexity index is 663. The molecule has 2 aliphatic rings. The van der Waals surface area contributed by atoms with Gasteiger partial charge in [0.25, 0.3) is 5.91 Å². The number of hydrogen-bond acceptors (Lipinski definition) is 4. The number of imide groups is 1. The topological polar surface area (TPSA) is 84.3 Å². The third kappa shape index (κ3) is 1.96. The summed E-state index contributed by atoms with van der Waals surface area (Å²) in [5.41, 5.74) is 0.366. The van der Waals surface area contributed by atoms with Gasteiger partial charge in [0.05, 0.1) is 22.9 Å². The van der Waals surface area contributed by atoms with Gasteiger partial charge in [-0.1, -0.05) is 6.58 Å². The highest BCUT2D eigenvalue weighted by Gasteiger charge is 2.52. The fourth-order valence-corrected chi connectivity index (χ4v) is 3.09. The van der Waals surface area contributed by atoms with Crippen LogP contribution < -0.4 is 5.32 Å². The van der Waals surface area contributed by atoms with Crippen molar-refractivity contribution in [2.45, 2.75) is 12.8 Å². The van der Waals surface area contributed by atoms with Crippen LogP contribution >= 0.6 is 0 Å². The third-order valence-corrected chi connectivity index (χ3v) is 4.28. The Hall–Kier alpha value is -2.44. The molecule has 3 heterocycles. The maximum atomic E-state index is 12.6. The molecule has 2 fully saturated rings. The summed E-state index contributed by atoms with van der Waals surface area (Å²) in [6, 6.07) is 0. The minimum atomic E-state index is -0.747. The number of carbonyl (C=O) groups excluding carboxylic acids is 3. The van der Waals surface area contributed by atoms with Crippen LogP contribution in [0.25, 0.3) is 6.08 Å². The molecule has 1 N–H and O–H groups in total. The maximum absolute atomic E-state index is 12.6. The van der Waals surface area contributed by atoms with E-state index in [1.165, 1.54) is 6.20 Å². The predicted octanol–water partition coefficient (Wildman–Crippen LogP) is -0.0581. The molecular weight excluding hydrogens is 272 g/mol. The van der Waals surface area contributed by atoms with Crippen LogP contribution in [0.1, 0.15) is 28.9 Å². The van der Waals surface area contributed by atoms with Gasteiger partial charge < -0.3 is 4.90 Å². The Kier molecular flexibility index (Phi) is 2.93. The van der Waals surface area contributed by atoms with Crippen LogP contribution in [0.2, 0.25) is 0 Å². The summed E-state index contributed by atoms with van der Waals surface area (Å²) < 4.78 is 1.58. The van der Waals surface area contributed by atoms with Gasteiger partial charge in [-0.25, -0.2) is 0 Å². The molecule has 1 aromatic heterocycles. The van der Waals surface area contributed by atoms with Gasteiger partial charge >= 0.3 is 0 Å². The molecule has 110 valence electrons. The van der Waals surface area contributed by atoms with Crippen LogP contribution in [-0.2, 0) is 16.6 Å². The van der Waals surface area contributed by atoms with Gasteiger partial charge in [0.1, 0.15) is 0 Å². The number of amides is 3. The van der Waals surface area contributed by atoms with Crippen molar-refractivity contribution in [3.63, 3.8) is 0 Å². The first-order chi connectivity index (χ1) is 9.97. The van der Waals surface area contributed by atoms with E-state index in [-0.39, 0.29) is 30.7 Å². The van der Waals surface area contributed by atoms with E-state index in [0.717, 1.165) is 0 Å². The fraction of sp³-hybridized carbons (Fsp3) is 0.429. The van der Waals surface area contributed by atoms with Gasteiger partial charge in [0.2, 0.25) is 11.8 Å². The van der Waals surface area contributed by atoms with Crippen LogP contribution in [0.15, 0.2) is 12.8 Å². The van der Waals surface area contributed by atoms with Crippen molar-refractivity contribution in [1.29, 1.82) is 0 Å². The molecule has 0 aliphatic carbocycles. The number of rotatable bonds is 2. The molecule has 2 aliphatic heterocycles. The summed E-state index contributed by atoms with van der Waals surface area (Å²) in [5.74, 6) is -0.706. The second-order valence-electron chi connectivity index (χ2n) is 5.58. The number of carbonyl (C=O) groups is 3. The van der Waals surface area contributed by atoms with Gasteiger partial charge in [-0.3, -0.25) is 24.4 Å². The van der Waals surface area contributed by atoms with E-state index in [2.05, 4.69) is 17.0 Å². The minimum absolute atomic E-state index is 0.164. The van der Waals surface area contributed by atoms with Gasteiger partial charge in [-0.05, 0) is 12.5 Å². The molecule has 21 heavy (non-hydrogen) atoms. The Morgan fingerprint density at radius 1 is 1.52 bits per heavy atom. The molecule has 1 atom stereocenters. The highest BCUT2D eigenvalue weighted by molar-refractivity contribution is 6.07. The Morgan fingerprint density at radius 3 is 2.90 bits per heavy atom. The second-order valence-corrected chi connectivity index (χ2v) is 5.58. The van der Waals surface area contributed by atoms with Gasteiger partial charge in [0.15, 0.2) is 0 Å². The van der Waals surface area contributed by atoms with E-state index in [1.54, 1.807) is 22.7 Å². The SMILES string of the molecule is C=Cc1c(C(=O)N2CCC3(CC(=O)NC3=O)C2)cnn1C. The molecule has 3 amide bonds. The molecule has 0 radical (unpaired) electrons. The van der Waals surface area contributed by atoms with Gasteiger partial charge in [-0.15, -0.1) is 0 Å². The zero-order valence-corrected chi connectivity index (χ0v) is 11.8. The highest BCUT2D eigenvalue weighted by Crippen LogP contribution is 2.38. The summed E-state index contributed by atoms with van der Waals surface area (Å²) in [5, 5.41) is 6.39. The normalized spacial score (nSPS) is 24.7. The predicted molar refractivity (Wildman–Crippen MR) is 74.0 cm³/mol. The number of aryl methyl sites for hydroxylation is 1. The summed E-state index contributed by atoms with van der Waals surface area (Å²) in [7, 11) is 1.74. The minimum Gasteiger partial charge on any atom is -0.337 e. The molecule has 2 saturated heterocycles.